The number of rotatable bonds is 17. The van der Waals surface area contributed by atoms with E-state index in [0.717, 1.165) is 25.7 Å². The summed E-state index contributed by atoms with van der Waals surface area (Å²) in [6.45, 7) is 0. The number of carboxylic acids is 1. The van der Waals surface area contributed by atoms with Gasteiger partial charge in [0.05, 0.1) is 0 Å². The van der Waals surface area contributed by atoms with Crippen LogP contribution >= 0.6 is 0 Å². The number of unbranched alkanes of at least 4 members (excludes halogenated alkanes) is 12. The number of esters is 1. The summed E-state index contributed by atoms with van der Waals surface area (Å²) in [5.74, 6) is -0.186. The molecule has 27 heavy (non-hydrogen) atoms. The Bertz CT molecular complexity index is 498. The maximum Gasteiger partial charge on any atom is 0.311 e. The van der Waals surface area contributed by atoms with Gasteiger partial charge in [0.1, 0.15) is 5.75 Å². The van der Waals surface area contributed by atoms with E-state index in [1.54, 1.807) is 12.1 Å². The molecule has 152 valence electrons. The van der Waals surface area contributed by atoms with Crippen molar-refractivity contribution >= 4 is 11.9 Å². The standard InChI is InChI=1S/C23H36O4/c24-22(25)19-15-10-8-6-4-2-1-3-5-7-9-11-16-20-23(26)27-21-17-13-12-14-18-21/h12-14,17-18H,1-11,15-16,19-20H2,(H,24,25). The molecule has 0 heterocycles. The fourth-order valence-corrected chi connectivity index (χ4v) is 3.16. The van der Waals surface area contributed by atoms with Gasteiger partial charge in [-0.25, -0.2) is 0 Å². The molecule has 0 fully saturated rings. The van der Waals surface area contributed by atoms with Gasteiger partial charge in [0.15, 0.2) is 0 Å². The van der Waals surface area contributed by atoms with E-state index in [-0.39, 0.29) is 5.97 Å². The number of carbonyl (C=O) groups is 2. The van der Waals surface area contributed by atoms with Crippen molar-refractivity contribution < 1.29 is 19.4 Å². The van der Waals surface area contributed by atoms with E-state index in [2.05, 4.69) is 0 Å². The van der Waals surface area contributed by atoms with Gasteiger partial charge in [0, 0.05) is 12.8 Å². The largest absolute Gasteiger partial charge is 0.481 e. The van der Waals surface area contributed by atoms with Crippen molar-refractivity contribution in [3.05, 3.63) is 30.3 Å². The first-order valence-corrected chi connectivity index (χ1v) is 10.7. The number of aliphatic carboxylic acids is 1. The van der Waals surface area contributed by atoms with E-state index in [4.69, 9.17) is 9.84 Å². The van der Waals surface area contributed by atoms with Crippen molar-refractivity contribution in [1.29, 1.82) is 0 Å². The van der Waals surface area contributed by atoms with Gasteiger partial charge >= 0.3 is 11.9 Å². The third-order valence-corrected chi connectivity index (χ3v) is 4.75. The molecule has 0 aromatic heterocycles. The molecule has 1 N–H and O–H groups in total. The number of ether oxygens (including phenoxy) is 1. The lowest BCUT2D eigenvalue weighted by atomic mass is 10.0. The van der Waals surface area contributed by atoms with Gasteiger partial charge in [-0.15, -0.1) is 0 Å². The van der Waals surface area contributed by atoms with Crippen molar-refractivity contribution in [2.75, 3.05) is 0 Å². The maximum absolute atomic E-state index is 11.7. The van der Waals surface area contributed by atoms with Crippen LogP contribution in [0.2, 0.25) is 0 Å². The zero-order chi connectivity index (χ0) is 19.6. The predicted octanol–water partition coefficient (Wildman–Crippen LogP) is 6.53. The molecule has 0 aliphatic heterocycles. The first kappa shape index (κ1) is 23.2. The van der Waals surface area contributed by atoms with E-state index >= 15 is 0 Å². The third-order valence-electron chi connectivity index (χ3n) is 4.75. The van der Waals surface area contributed by atoms with Crippen LogP contribution in [0.4, 0.5) is 0 Å². The lowest BCUT2D eigenvalue weighted by Gasteiger charge is -2.04. The molecule has 4 heteroatoms. The van der Waals surface area contributed by atoms with Crippen molar-refractivity contribution in [3.8, 4) is 5.75 Å². The van der Waals surface area contributed by atoms with Crippen LogP contribution in [0, 0.1) is 0 Å². The Kier molecular flexibility index (Phi) is 14.0. The lowest BCUT2D eigenvalue weighted by Crippen LogP contribution is -2.07. The van der Waals surface area contributed by atoms with Crippen molar-refractivity contribution in [2.24, 2.45) is 0 Å². The van der Waals surface area contributed by atoms with Crippen molar-refractivity contribution in [2.45, 2.75) is 96.3 Å². The summed E-state index contributed by atoms with van der Waals surface area (Å²) >= 11 is 0. The Labute approximate surface area is 164 Å². The Hall–Kier alpha value is -1.84. The monoisotopic (exact) mass is 376 g/mol. The van der Waals surface area contributed by atoms with Gasteiger partial charge in [-0.05, 0) is 25.0 Å². The molecule has 1 aromatic carbocycles. The topological polar surface area (TPSA) is 63.6 Å². The second kappa shape index (κ2) is 16.3. The molecule has 0 unspecified atom stereocenters. The molecule has 4 nitrogen and oxygen atoms in total. The van der Waals surface area contributed by atoms with E-state index in [0.29, 0.717) is 18.6 Å². The Morgan fingerprint density at radius 2 is 1.04 bits per heavy atom. The number of benzene rings is 1. The number of hydrogen-bond donors (Lipinski definition) is 1. The number of hydrogen-bond acceptors (Lipinski definition) is 3. The number of para-hydroxylation sites is 1. The highest BCUT2D eigenvalue weighted by atomic mass is 16.5. The van der Waals surface area contributed by atoms with Crippen LogP contribution in [0.1, 0.15) is 96.3 Å². The van der Waals surface area contributed by atoms with Crippen LogP contribution in [0.25, 0.3) is 0 Å². The molecule has 0 aliphatic carbocycles. The Morgan fingerprint density at radius 1 is 0.630 bits per heavy atom. The second-order valence-electron chi connectivity index (χ2n) is 7.28. The molecule has 1 aromatic rings. The molecule has 0 saturated heterocycles. The predicted molar refractivity (Wildman–Crippen MR) is 109 cm³/mol. The van der Waals surface area contributed by atoms with Crippen LogP contribution in [0.5, 0.6) is 5.75 Å². The molecule has 1 rings (SSSR count). The summed E-state index contributed by atoms with van der Waals surface area (Å²) in [5, 5.41) is 8.56. The lowest BCUT2D eigenvalue weighted by molar-refractivity contribution is -0.137. The van der Waals surface area contributed by atoms with Gasteiger partial charge in [-0.1, -0.05) is 88.8 Å². The van der Waals surface area contributed by atoms with Crippen molar-refractivity contribution in [1.82, 2.24) is 0 Å². The molecular formula is C23H36O4. The molecule has 0 atom stereocenters. The average molecular weight is 377 g/mol. The van der Waals surface area contributed by atoms with E-state index < -0.39 is 5.97 Å². The smallest absolute Gasteiger partial charge is 0.311 e. The van der Waals surface area contributed by atoms with Gasteiger partial charge in [0.25, 0.3) is 0 Å². The van der Waals surface area contributed by atoms with Gasteiger partial charge in [-0.3, -0.25) is 9.59 Å². The van der Waals surface area contributed by atoms with Crippen molar-refractivity contribution in [3.63, 3.8) is 0 Å². The molecule has 0 bridgehead atoms. The summed E-state index contributed by atoms with van der Waals surface area (Å²) in [6, 6.07) is 9.24. The highest BCUT2D eigenvalue weighted by molar-refractivity contribution is 5.72. The Morgan fingerprint density at radius 3 is 1.48 bits per heavy atom. The summed E-state index contributed by atoms with van der Waals surface area (Å²) in [7, 11) is 0. The summed E-state index contributed by atoms with van der Waals surface area (Å²) < 4.78 is 5.27. The second-order valence-corrected chi connectivity index (χ2v) is 7.28. The highest BCUT2D eigenvalue weighted by Gasteiger charge is 2.04. The molecule has 0 aliphatic rings. The quantitative estimate of drug-likeness (QED) is 0.191. The first-order valence-electron chi connectivity index (χ1n) is 10.7. The van der Waals surface area contributed by atoms with Gasteiger partial charge < -0.3 is 9.84 Å². The summed E-state index contributed by atoms with van der Waals surface area (Å²) in [6.07, 6.45) is 16.0. The van der Waals surface area contributed by atoms with Crippen LogP contribution < -0.4 is 4.74 Å². The fourth-order valence-electron chi connectivity index (χ4n) is 3.16. The number of carboxylic acid groups (broad SMARTS) is 1. The average Bonchev–Trinajstić information content (AvgIpc) is 2.65. The minimum absolute atomic E-state index is 0.135. The van der Waals surface area contributed by atoms with Crippen LogP contribution in [-0.4, -0.2) is 17.0 Å². The minimum atomic E-state index is -0.679. The summed E-state index contributed by atoms with van der Waals surface area (Å²) in [4.78, 5) is 22.1. The minimum Gasteiger partial charge on any atom is -0.481 e. The van der Waals surface area contributed by atoms with Crippen LogP contribution in [-0.2, 0) is 9.59 Å². The molecular weight excluding hydrogens is 340 g/mol. The molecule has 0 saturated carbocycles. The normalized spacial score (nSPS) is 10.7. The van der Waals surface area contributed by atoms with Gasteiger partial charge in [0.2, 0.25) is 0 Å². The van der Waals surface area contributed by atoms with E-state index in [9.17, 15) is 9.59 Å². The van der Waals surface area contributed by atoms with Gasteiger partial charge in [-0.2, -0.15) is 0 Å². The Balaban J connectivity index is 1.78. The zero-order valence-corrected chi connectivity index (χ0v) is 16.7. The molecule has 0 radical (unpaired) electrons. The van der Waals surface area contributed by atoms with Crippen LogP contribution in [0.3, 0.4) is 0 Å². The highest BCUT2D eigenvalue weighted by Crippen LogP contribution is 2.14. The van der Waals surface area contributed by atoms with Crippen LogP contribution in [0.15, 0.2) is 30.3 Å². The van der Waals surface area contributed by atoms with E-state index in [1.807, 2.05) is 18.2 Å². The maximum atomic E-state index is 11.7. The third kappa shape index (κ3) is 15.0. The molecule has 0 spiro atoms. The van der Waals surface area contributed by atoms with E-state index in [1.165, 1.54) is 57.8 Å². The first-order chi connectivity index (χ1) is 13.2. The molecule has 0 amide bonds. The zero-order valence-electron chi connectivity index (χ0n) is 16.7. The summed E-state index contributed by atoms with van der Waals surface area (Å²) in [5.41, 5.74) is 0. The fraction of sp³-hybridized carbons (Fsp3) is 0.652. The SMILES string of the molecule is O=C(O)CCCCCCCCCCCCCCCC(=O)Oc1ccccc1. The number of carbonyl (C=O) groups excluding carboxylic acids is 1.